The van der Waals surface area contributed by atoms with Gasteiger partial charge < -0.3 is 10.7 Å². The van der Waals surface area contributed by atoms with Crippen LogP contribution >= 0.6 is 0 Å². The van der Waals surface area contributed by atoms with E-state index < -0.39 is 4.92 Å². The van der Waals surface area contributed by atoms with E-state index in [1.54, 1.807) is 20.0 Å². The van der Waals surface area contributed by atoms with Gasteiger partial charge in [-0.05, 0) is 13.8 Å². The Hall–Kier alpha value is -2.11. The molecule has 0 unspecified atom stereocenters. The van der Waals surface area contributed by atoms with Crippen LogP contribution in [0.1, 0.15) is 11.3 Å². The van der Waals surface area contributed by atoms with Crippen molar-refractivity contribution in [3.8, 4) is 0 Å². The Balaban J connectivity index is 2.93. The minimum Gasteiger partial charge on any atom is -0.397 e. The number of hydrogen-bond donors (Lipinski definition) is 2. The maximum absolute atomic E-state index is 10.8. The SMILES string of the molecule is Cc1nc2[nH]cc(N)c2c(C)c1[N+](=O)[O-]. The Morgan fingerprint density at radius 3 is 2.80 bits per heavy atom. The molecule has 0 bridgehead atoms. The van der Waals surface area contributed by atoms with E-state index >= 15 is 0 Å². The van der Waals surface area contributed by atoms with Gasteiger partial charge in [-0.1, -0.05) is 0 Å². The molecule has 15 heavy (non-hydrogen) atoms. The van der Waals surface area contributed by atoms with Crippen molar-refractivity contribution < 1.29 is 4.92 Å². The van der Waals surface area contributed by atoms with Crippen LogP contribution in [0.15, 0.2) is 6.20 Å². The van der Waals surface area contributed by atoms with Gasteiger partial charge in [-0.15, -0.1) is 0 Å². The van der Waals surface area contributed by atoms with E-state index in [0.29, 0.717) is 28.0 Å². The molecule has 0 aromatic carbocycles. The summed E-state index contributed by atoms with van der Waals surface area (Å²) in [6, 6.07) is 0. The van der Waals surface area contributed by atoms with Crippen LogP contribution in [0.4, 0.5) is 11.4 Å². The smallest absolute Gasteiger partial charge is 0.294 e. The summed E-state index contributed by atoms with van der Waals surface area (Å²) in [5.41, 5.74) is 7.77. The zero-order chi connectivity index (χ0) is 11.2. The van der Waals surface area contributed by atoms with Crippen molar-refractivity contribution in [2.24, 2.45) is 0 Å². The monoisotopic (exact) mass is 206 g/mol. The maximum Gasteiger partial charge on any atom is 0.294 e. The number of fused-ring (bicyclic) bond motifs is 1. The van der Waals surface area contributed by atoms with Gasteiger partial charge in [0.1, 0.15) is 11.3 Å². The summed E-state index contributed by atoms with van der Waals surface area (Å²) in [6.45, 7) is 3.29. The largest absolute Gasteiger partial charge is 0.397 e. The van der Waals surface area contributed by atoms with Crippen molar-refractivity contribution in [3.05, 3.63) is 27.6 Å². The third kappa shape index (κ3) is 1.22. The van der Waals surface area contributed by atoms with E-state index in [0.717, 1.165) is 0 Å². The summed E-state index contributed by atoms with van der Waals surface area (Å²) in [5.74, 6) is 0. The number of nitrogens with zero attached hydrogens (tertiary/aromatic N) is 2. The van der Waals surface area contributed by atoms with E-state index in [1.807, 2.05) is 0 Å². The first-order valence-electron chi connectivity index (χ1n) is 4.40. The Kier molecular flexibility index (Phi) is 1.85. The lowest BCUT2D eigenvalue weighted by atomic mass is 10.1. The number of anilines is 1. The van der Waals surface area contributed by atoms with Gasteiger partial charge in [-0.3, -0.25) is 10.1 Å². The molecule has 2 rings (SSSR count). The number of pyridine rings is 1. The Morgan fingerprint density at radius 1 is 1.53 bits per heavy atom. The predicted molar refractivity (Wildman–Crippen MR) is 56.6 cm³/mol. The molecule has 78 valence electrons. The first kappa shape index (κ1) is 9.45. The van der Waals surface area contributed by atoms with Crippen LogP contribution in [-0.4, -0.2) is 14.9 Å². The summed E-state index contributed by atoms with van der Waals surface area (Å²) >= 11 is 0. The summed E-state index contributed by atoms with van der Waals surface area (Å²) in [4.78, 5) is 17.4. The van der Waals surface area contributed by atoms with Crippen molar-refractivity contribution in [1.29, 1.82) is 0 Å². The van der Waals surface area contributed by atoms with Crippen LogP contribution in [0.2, 0.25) is 0 Å². The van der Waals surface area contributed by atoms with Crippen LogP contribution in [0, 0.1) is 24.0 Å². The second kappa shape index (κ2) is 2.94. The molecule has 6 heteroatoms. The average Bonchev–Trinajstić information content (AvgIpc) is 2.46. The fourth-order valence-electron chi connectivity index (χ4n) is 1.79. The number of nitro groups is 1. The van der Waals surface area contributed by atoms with Crippen LogP contribution in [-0.2, 0) is 0 Å². The number of aromatic nitrogens is 2. The zero-order valence-corrected chi connectivity index (χ0v) is 8.37. The summed E-state index contributed by atoms with van der Waals surface area (Å²) in [5, 5.41) is 11.5. The van der Waals surface area contributed by atoms with Crippen molar-refractivity contribution in [2.45, 2.75) is 13.8 Å². The molecular weight excluding hydrogens is 196 g/mol. The molecule has 0 spiro atoms. The first-order chi connectivity index (χ1) is 7.02. The van der Waals surface area contributed by atoms with Crippen LogP contribution < -0.4 is 5.73 Å². The minimum atomic E-state index is -0.427. The van der Waals surface area contributed by atoms with Crippen LogP contribution in [0.25, 0.3) is 11.0 Å². The lowest BCUT2D eigenvalue weighted by Gasteiger charge is -2.02. The number of H-pyrrole nitrogens is 1. The number of aryl methyl sites for hydroxylation is 2. The maximum atomic E-state index is 10.8. The molecule has 2 aromatic heterocycles. The third-order valence-corrected chi connectivity index (χ3v) is 2.42. The molecule has 0 aliphatic rings. The first-order valence-corrected chi connectivity index (χ1v) is 4.40. The molecule has 0 amide bonds. The predicted octanol–water partition coefficient (Wildman–Crippen LogP) is 1.67. The fourth-order valence-corrected chi connectivity index (χ4v) is 1.79. The Labute approximate surface area is 85.3 Å². The molecular formula is C9H10N4O2. The zero-order valence-electron chi connectivity index (χ0n) is 8.37. The number of nitrogens with two attached hydrogens (primary N) is 1. The Bertz CT molecular complexity index is 559. The standard InChI is InChI=1S/C9H10N4O2/c1-4-7-6(10)3-11-9(7)12-5(2)8(4)13(14)15/h3H,10H2,1-2H3,(H,11,12). The highest BCUT2D eigenvalue weighted by atomic mass is 16.6. The van der Waals surface area contributed by atoms with Gasteiger partial charge in [0.05, 0.1) is 16.0 Å². The number of nitrogen functional groups attached to an aromatic ring is 1. The number of nitrogens with one attached hydrogen (secondary N) is 1. The van der Waals surface area contributed by atoms with Gasteiger partial charge in [0.25, 0.3) is 5.69 Å². The van der Waals surface area contributed by atoms with Gasteiger partial charge in [0.15, 0.2) is 0 Å². The molecule has 0 radical (unpaired) electrons. The van der Waals surface area contributed by atoms with Crippen LogP contribution in [0.3, 0.4) is 0 Å². The minimum absolute atomic E-state index is 0.0359. The lowest BCUT2D eigenvalue weighted by Crippen LogP contribution is -1.99. The number of hydrogen-bond acceptors (Lipinski definition) is 4. The summed E-state index contributed by atoms with van der Waals surface area (Å²) in [6.07, 6.45) is 1.59. The van der Waals surface area contributed by atoms with E-state index in [2.05, 4.69) is 9.97 Å². The fraction of sp³-hybridized carbons (Fsp3) is 0.222. The highest BCUT2D eigenvalue weighted by Crippen LogP contribution is 2.31. The number of aromatic amines is 1. The second-order valence-corrected chi connectivity index (χ2v) is 3.40. The van der Waals surface area contributed by atoms with Gasteiger partial charge in [0, 0.05) is 11.8 Å². The molecule has 2 aromatic rings. The van der Waals surface area contributed by atoms with E-state index in [4.69, 9.17) is 5.73 Å². The highest BCUT2D eigenvalue weighted by molar-refractivity contribution is 5.94. The molecule has 0 saturated heterocycles. The van der Waals surface area contributed by atoms with Gasteiger partial charge in [-0.2, -0.15) is 0 Å². The van der Waals surface area contributed by atoms with Crippen molar-refractivity contribution in [1.82, 2.24) is 9.97 Å². The molecule has 2 heterocycles. The quantitative estimate of drug-likeness (QED) is 0.547. The van der Waals surface area contributed by atoms with Crippen LogP contribution in [0.5, 0.6) is 0 Å². The molecule has 0 saturated carbocycles. The molecule has 0 fully saturated rings. The summed E-state index contributed by atoms with van der Waals surface area (Å²) < 4.78 is 0. The topological polar surface area (TPSA) is 97.8 Å². The van der Waals surface area contributed by atoms with E-state index in [9.17, 15) is 10.1 Å². The van der Waals surface area contributed by atoms with E-state index in [1.165, 1.54) is 0 Å². The van der Waals surface area contributed by atoms with Gasteiger partial charge >= 0.3 is 0 Å². The summed E-state index contributed by atoms with van der Waals surface area (Å²) in [7, 11) is 0. The highest BCUT2D eigenvalue weighted by Gasteiger charge is 2.20. The second-order valence-electron chi connectivity index (χ2n) is 3.40. The molecule has 0 aliphatic heterocycles. The van der Waals surface area contributed by atoms with Crippen molar-refractivity contribution in [3.63, 3.8) is 0 Å². The Morgan fingerprint density at radius 2 is 2.20 bits per heavy atom. The van der Waals surface area contributed by atoms with Crippen molar-refractivity contribution in [2.75, 3.05) is 5.73 Å². The molecule has 3 N–H and O–H groups in total. The van der Waals surface area contributed by atoms with Gasteiger partial charge in [0.2, 0.25) is 0 Å². The average molecular weight is 206 g/mol. The van der Waals surface area contributed by atoms with Crippen molar-refractivity contribution >= 4 is 22.4 Å². The normalized spacial score (nSPS) is 10.8. The molecule has 0 atom stereocenters. The van der Waals surface area contributed by atoms with E-state index in [-0.39, 0.29) is 5.69 Å². The molecule has 0 aliphatic carbocycles. The number of rotatable bonds is 1. The third-order valence-electron chi connectivity index (χ3n) is 2.42. The lowest BCUT2D eigenvalue weighted by molar-refractivity contribution is -0.386. The van der Waals surface area contributed by atoms with Gasteiger partial charge in [-0.25, -0.2) is 4.98 Å². The molecule has 6 nitrogen and oxygen atoms in total.